The fourth-order valence-electron chi connectivity index (χ4n) is 1.64. The van der Waals surface area contributed by atoms with Crippen molar-refractivity contribution in [3.63, 3.8) is 0 Å². The fourth-order valence-corrected chi connectivity index (χ4v) is 3.10. The third-order valence-corrected chi connectivity index (χ3v) is 4.53. The zero-order chi connectivity index (χ0) is 13.9. The van der Waals surface area contributed by atoms with Crippen molar-refractivity contribution in [1.82, 2.24) is 9.46 Å². The summed E-state index contributed by atoms with van der Waals surface area (Å²) in [6.07, 6.45) is 1.37. The molecule has 1 aromatic carbocycles. The van der Waals surface area contributed by atoms with E-state index in [0.29, 0.717) is 5.69 Å². The lowest BCUT2D eigenvalue weighted by atomic mass is 10.4. The minimum atomic E-state index is -3.74. The van der Waals surface area contributed by atoms with Crippen LogP contribution < -0.4 is 0 Å². The molecule has 102 valence electrons. The van der Waals surface area contributed by atoms with Gasteiger partial charge in [0.05, 0.1) is 17.1 Å². The van der Waals surface area contributed by atoms with Crippen molar-refractivity contribution in [3.8, 4) is 0 Å². The first-order chi connectivity index (χ1) is 9.04. The highest BCUT2D eigenvalue weighted by Gasteiger charge is 2.24. The Bertz CT molecular complexity index is 641. The molecule has 2 rings (SSSR count). The van der Waals surface area contributed by atoms with E-state index in [0.717, 1.165) is 6.07 Å². The largest absolute Gasteiger partial charge is 0.364 e. The van der Waals surface area contributed by atoms with E-state index in [-0.39, 0.29) is 18.0 Å². The molecule has 0 bridgehead atoms. The van der Waals surface area contributed by atoms with Crippen LogP contribution in [0.4, 0.5) is 4.39 Å². The van der Waals surface area contributed by atoms with Gasteiger partial charge in [0.1, 0.15) is 12.1 Å². The fraction of sp³-hybridized carbons (Fsp3) is 0.250. The van der Waals surface area contributed by atoms with E-state index in [4.69, 9.17) is 0 Å². The van der Waals surface area contributed by atoms with Crippen molar-refractivity contribution >= 4 is 10.0 Å². The minimum Gasteiger partial charge on any atom is -0.364 e. The lowest BCUT2D eigenvalue weighted by Crippen LogP contribution is -2.30. The molecule has 1 heterocycles. The van der Waals surface area contributed by atoms with E-state index in [1.807, 2.05) is 0 Å². The Morgan fingerprint density at radius 2 is 2.16 bits per heavy atom. The summed E-state index contributed by atoms with van der Waals surface area (Å²) in [5, 5.41) is 3.67. The van der Waals surface area contributed by atoms with Crippen molar-refractivity contribution < 1.29 is 17.3 Å². The van der Waals surface area contributed by atoms with Gasteiger partial charge in [0.15, 0.2) is 0 Å². The van der Waals surface area contributed by atoms with E-state index in [1.165, 1.54) is 28.8 Å². The summed E-state index contributed by atoms with van der Waals surface area (Å²) in [6.45, 7) is 2.05. The molecule has 0 amide bonds. The highest BCUT2D eigenvalue weighted by Crippen LogP contribution is 2.18. The molecule has 0 N–H and O–H groups in total. The van der Waals surface area contributed by atoms with Gasteiger partial charge in [0.2, 0.25) is 10.0 Å². The number of nitrogens with zero attached hydrogens (tertiary/aromatic N) is 2. The second-order valence-electron chi connectivity index (χ2n) is 3.88. The predicted octanol–water partition coefficient (Wildman–Crippen LogP) is 2.02. The van der Waals surface area contributed by atoms with Gasteiger partial charge < -0.3 is 4.52 Å². The molecule has 0 spiro atoms. The lowest BCUT2D eigenvalue weighted by Gasteiger charge is -2.19. The van der Waals surface area contributed by atoms with E-state index in [1.54, 1.807) is 13.0 Å². The van der Waals surface area contributed by atoms with Crippen LogP contribution in [0.25, 0.3) is 0 Å². The van der Waals surface area contributed by atoms with Crippen LogP contribution >= 0.6 is 0 Å². The van der Waals surface area contributed by atoms with Crippen LogP contribution in [0.2, 0.25) is 0 Å². The zero-order valence-corrected chi connectivity index (χ0v) is 11.1. The Morgan fingerprint density at radius 3 is 2.74 bits per heavy atom. The molecule has 5 nitrogen and oxygen atoms in total. The van der Waals surface area contributed by atoms with E-state index in [9.17, 15) is 12.8 Å². The standard InChI is InChI=1S/C12H13FN2O3S/c1-2-15(9-11-6-7-18-14-11)19(16,17)12-5-3-4-10(13)8-12/h3-8H,2,9H2,1H3. The molecule has 19 heavy (non-hydrogen) atoms. The van der Waals surface area contributed by atoms with Gasteiger partial charge >= 0.3 is 0 Å². The van der Waals surface area contributed by atoms with Crippen molar-refractivity contribution in [2.45, 2.75) is 18.4 Å². The smallest absolute Gasteiger partial charge is 0.243 e. The number of hydrogen-bond donors (Lipinski definition) is 0. The maximum absolute atomic E-state index is 13.1. The van der Waals surface area contributed by atoms with Crippen molar-refractivity contribution in [2.24, 2.45) is 0 Å². The van der Waals surface area contributed by atoms with Gasteiger partial charge in [0, 0.05) is 12.6 Å². The first-order valence-corrected chi connectivity index (χ1v) is 7.13. The van der Waals surface area contributed by atoms with Gasteiger partial charge in [-0.25, -0.2) is 12.8 Å². The number of benzene rings is 1. The molecule has 0 aliphatic heterocycles. The van der Waals surface area contributed by atoms with Gasteiger partial charge in [-0.15, -0.1) is 0 Å². The highest BCUT2D eigenvalue weighted by atomic mass is 32.2. The molecule has 0 aliphatic rings. The zero-order valence-electron chi connectivity index (χ0n) is 10.3. The first kappa shape index (κ1) is 13.7. The summed E-state index contributed by atoms with van der Waals surface area (Å²) in [5.74, 6) is -0.585. The average molecular weight is 284 g/mol. The number of halogens is 1. The van der Waals surface area contributed by atoms with Gasteiger partial charge in [-0.3, -0.25) is 0 Å². The quantitative estimate of drug-likeness (QED) is 0.842. The number of hydrogen-bond acceptors (Lipinski definition) is 4. The van der Waals surface area contributed by atoms with Crippen LogP contribution in [0.3, 0.4) is 0 Å². The van der Waals surface area contributed by atoms with Crippen LogP contribution in [0, 0.1) is 5.82 Å². The molecule has 0 unspecified atom stereocenters. The molecule has 0 fully saturated rings. The normalized spacial score (nSPS) is 11.9. The second kappa shape index (κ2) is 5.50. The Morgan fingerprint density at radius 1 is 1.37 bits per heavy atom. The first-order valence-electron chi connectivity index (χ1n) is 5.69. The maximum atomic E-state index is 13.1. The minimum absolute atomic E-state index is 0.0714. The van der Waals surface area contributed by atoms with Crippen LogP contribution in [0.1, 0.15) is 12.6 Å². The van der Waals surface area contributed by atoms with Gasteiger partial charge in [-0.05, 0) is 18.2 Å². The summed E-state index contributed by atoms with van der Waals surface area (Å²) < 4.78 is 43.7. The van der Waals surface area contributed by atoms with Crippen LogP contribution in [0.15, 0.2) is 46.0 Å². The maximum Gasteiger partial charge on any atom is 0.243 e. The van der Waals surface area contributed by atoms with Crippen molar-refractivity contribution in [1.29, 1.82) is 0 Å². The molecular formula is C12H13FN2O3S. The third-order valence-electron chi connectivity index (χ3n) is 2.62. The molecule has 0 saturated heterocycles. The van der Waals surface area contributed by atoms with Crippen molar-refractivity contribution in [2.75, 3.05) is 6.54 Å². The molecular weight excluding hydrogens is 271 g/mol. The second-order valence-corrected chi connectivity index (χ2v) is 5.82. The monoisotopic (exact) mass is 284 g/mol. The van der Waals surface area contributed by atoms with Gasteiger partial charge in [0.25, 0.3) is 0 Å². The van der Waals surface area contributed by atoms with Crippen LogP contribution in [-0.2, 0) is 16.6 Å². The molecule has 7 heteroatoms. The predicted molar refractivity (Wildman–Crippen MR) is 66.2 cm³/mol. The Hall–Kier alpha value is -1.73. The number of aromatic nitrogens is 1. The van der Waals surface area contributed by atoms with E-state index < -0.39 is 15.8 Å². The van der Waals surface area contributed by atoms with E-state index >= 15 is 0 Å². The highest BCUT2D eigenvalue weighted by molar-refractivity contribution is 7.89. The van der Waals surface area contributed by atoms with Crippen LogP contribution in [-0.4, -0.2) is 24.4 Å². The summed E-state index contributed by atoms with van der Waals surface area (Å²) in [6, 6.07) is 6.52. The molecule has 0 aliphatic carbocycles. The van der Waals surface area contributed by atoms with Crippen molar-refractivity contribution in [3.05, 3.63) is 48.1 Å². The Kier molecular flexibility index (Phi) is 3.96. The molecule has 0 radical (unpaired) electrons. The van der Waals surface area contributed by atoms with E-state index in [2.05, 4.69) is 9.68 Å². The molecule has 0 saturated carbocycles. The third kappa shape index (κ3) is 2.99. The Balaban J connectivity index is 2.31. The number of sulfonamides is 1. The van der Waals surface area contributed by atoms with Gasteiger partial charge in [-0.2, -0.15) is 4.31 Å². The lowest BCUT2D eigenvalue weighted by molar-refractivity contribution is 0.379. The summed E-state index contributed by atoms with van der Waals surface area (Å²) in [4.78, 5) is -0.0714. The number of rotatable bonds is 5. The van der Waals surface area contributed by atoms with Gasteiger partial charge in [-0.1, -0.05) is 18.1 Å². The topological polar surface area (TPSA) is 63.4 Å². The molecule has 1 aromatic heterocycles. The summed E-state index contributed by atoms with van der Waals surface area (Å²) in [7, 11) is -3.74. The van der Waals surface area contributed by atoms with Crippen LogP contribution in [0.5, 0.6) is 0 Å². The molecule has 0 atom stereocenters. The summed E-state index contributed by atoms with van der Waals surface area (Å²) in [5.41, 5.74) is 0.502. The molecule has 2 aromatic rings. The summed E-state index contributed by atoms with van der Waals surface area (Å²) >= 11 is 0. The average Bonchev–Trinajstić information content (AvgIpc) is 2.88. The Labute approximate surface area is 110 Å². The SMILES string of the molecule is CCN(Cc1ccon1)S(=O)(=O)c1cccc(F)c1.